The summed E-state index contributed by atoms with van der Waals surface area (Å²) in [5.74, 6) is 2.77. The Morgan fingerprint density at radius 2 is 1.97 bits per heavy atom. The summed E-state index contributed by atoms with van der Waals surface area (Å²) in [4.78, 5) is 19.7. The van der Waals surface area contributed by atoms with Gasteiger partial charge in [-0.05, 0) is 56.6 Å². The molecule has 2 aromatic carbocycles. The number of nitrogens with one attached hydrogen (secondary N) is 1. The van der Waals surface area contributed by atoms with Gasteiger partial charge in [-0.2, -0.15) is 4.98 Å². The smallest absolute Gasteiger partial charge is 0.241 e. The lowest BCUT2D eigenvalue weighted by Crippen LogP contribution is -2.40. The molecule has 0 saturated carbocycles. The van der Waals surface area contributed by atoms with Gasteiger partial charge >= 0.3 is 0 Å². The van der Waals surface area contributed by atoms with E-state index < -0.39 is 0 Å². The summed E-state index contributed by atoms with van der Waals surface area (Å²) in [6.07, 6.45) is 1.75. The Kier molecular flexibility index (Phi) is 7.64. The van der Waals surface area contributed by atoms with Crippen LogP contribution in [0, 0.1) is 5.92 Å². The van der Waals surface area contributed by atoms with E-state index in [0.29, 0.717) is 54.3 Å². The molecule has 1 amide bonds. The third-order valence-electron chi connectivity index (χ3n) is 5.79. The van der Waals surface area contributed by atoms with Crippen molar-refractivity contribution in [2.24, 2.45) is 5.92 Å². The van der Waals surface area contributed by atoms with E-state index in [1.165, 1.54) is 0 Å². The van der Waals surface area contributed by atoms with Crippen molar-refractivity contribution in [2.45, 2.75) is 26.3 Å². The summed E-state index contributed by atoms with van der Waals surface area (Å²) in [7, 11) is 3.18. The Hall–Kier alpha value is -3.59. The Labute approximate surface area is 199 Å². The Morgan fingerprint density at radius 3 is 2.76 bits per heavy atom. The van der Waals surface area contributed by atoms with Crippen molar-refractivity contribution < 1.29 is 23.5 Å². The highest BCUT2D eigenvalue weighted by molar-refractivity contribution is 5.94. The molecule has 34 heavy (non-hydrogen) atoms. The van der Waals surface area contributed by atoms with Gasteiger partial charge in [0.25, 0.3) is 0 Å². The van der Waals surface area contributed by atoms with Gasteiger partial charge < -0.3 is 24.1 Å². The van der Waals surface area contributed by atoms with E-state index >= 15 is 0 Å². The molecule has 180 valence electrons. The molecule has 9 heteroatoms. The number of amides is 1. The van der Waals surface area contributed by atoms with Gasteiger partial charge in [0.1, 0.15) is 5.75 Å². The Morgan fingerprint density at radius 1 is 1.15 bits per heavy atom. The maximum Gasteiger partial charge on any atom is 0.241 e. The molecule has 0 bridgehead atoms. The maximum absolute atomic E-state index is 13.0. The van der Waals surface area contributed by atoms with Crippen LogP contribution in [0.15, 0.2) is 47.0 Å². The number of aromatic nitrogens is 2. The number of para-hydroxylation sites is 2. The number of likely N-dealkylation sites (tertiary alicyclic amines) is 1. The molecule has 0 spiro atoms. The zero-order chi connectivity index (χ0) is 23.9. The summed E-state index contributed by atoms with van der Waals surface area (Å²) >= 11 is 0. The molecule has 4 rings (SSSR count). The fourth-order valence-corrected chi connectivity index (χ4v) is 4.10. The normalized spacial score (nSPS) is 16.1. The number of nitrogens with zero attached hydrogens (tertiary/aromatic N) is 3. The second-order valence-electron chi connectivity index (χ2n) is 8.07. The van der Waals surface area contributed by atoms with Gasteiger partial charge in [0, 0.05) is 12.1 Å². The summed E-state index contributed by atoms with van der Waals surface area (Å²) < 4.78 is 21.8. The van der Waals surface area contributed by atoms with Gasteiger partial charge in [0.05, 0.1) is 39.0 Å². The van der Waals surface area contributed by atoms with Gasteiger partial charge in [-0.15, -0.1) is 0 Å². The molecule has 1 aliphatic heterocycles. The molecule has 1 aromatic heterocycles. The van der Waals surface area contributed by atoms with Crippen molar-refractivity contribution in [3.63, 3.8) is 0 Å². The van der Waals surface area contributed by atoms with Gasteiger partial charge in [-0.1, -0.05) is 17.3 Å². The molecule has 0 aliphatic carbocycles. The molecule has 9 nitrogen and oxygen atoms in total. The van der Waals surface area contributed by atoms with E-state index in [1.54, 1.807) is 14.2 Å². The van der Waals surface area contributed by atoms with Crippen LogP contribution in [0.5, 0.6) is 17.2 Å². The van der Waals surface area contributed by atoms with Crippen molar-refractivity contribution in [3.8, 4) is 28.6 Å². The van der Waals surface area contributed by atoms with E-state index in [9.17, 15) is 4.79 Å². The highest BCUT2D eigenvalue weighted by atomic mass is 16.5. The average molecular weight is 467 g/mol. The first-order chi connectivity index (χ1) is 16.6. The van der Waals surface area contributed by atoms with E-state index in [-0.39, 0.29) is 11.8 Å². The molecular weight excluding hydrogens is 436 g/mol. The molecule has 0 unspecified atom stereocenters. The van der Waals surface area contributed by atoms with Gasteiger partial charge in [-0.25, -0.2) is 0 Å². The average Bonchev–Trinajstić information content (AvgIpc) is 3.33. The van der Waals surface area contributed by atoms with E-state index in [4.69, 9.17) is 18.7 Å². The van der Waals surface area contributed by atoms with Crippen molar-refractivity contribution >= 4 is 11.6 Å². The molecule has 2 heterocycles. The topological polar surface area (TPSA) is 99.0 Å². The van der Waals surface area contributed by atoms with Crippen LogP contribution in [0.4, 0.5) is 5.69 Å². The lowest BCUT2D eigenvalue weighted by molar-refractivity contribution is -0.121. The second-order valence-corrected chi connectivity index (χ2v) is 8.07. The van der Waals surface area contributed by atoms with Crippen LogP contribution in [0.25, 0.3) is 11.4 Å². The van der Waals surface area contributed by atoms with Gasteiger partial charge in [0.2, 0.25) is 17.6 Å². The Bertz CT molecular complexity index is 1120. The van der Waals surface area contributed by atoms with Crippen LogP contribution in [0.1, 0.15) is 25.7 Å². The standard InChI is InChI=1S/C25H30N4O5/c1-4-33-20-10-6-5-9-19(20)26-25(30)18-8-7-13-29(15-18)16-23-27-24(28-34-23)17-11-12-21(31-2)22(14-17)32-3/h5-6,9-12,14,18H,4,7-8,13,15-16H2,1-3H3,(H,26,30)/t18-/m0/s1. The van der Waals surface area contributed by atoms with Crippen LogP contribution >= 0.6 is 0 Å². The number of carbonyl (C=O) groups is 1. The van der Waals surface area contributed by atoms with Crippen LogP contribution in [-0.4, -0.2) is 54.9 Å². The summed E-state index contributed by atoms with van der Waals surface area (Å²) in [5.41, 5.74) is 1.47. The van der Waals surface area contributed by atoms with Crippen LogP contribution in [0.2, 0.25) is 0 Å². The zero-order valence-corrected chi connectivity index (χ0v) is 19.7. The number of ether oxygens (including phenoxy) is 3. The number of methoxy groups -OCH3 is 2. The molecule has 1 N–H and O–H groups in total. The summed E-state index contributed by atoms with van der Waals surface area (Å²) in [5, 5.41) is 7.15. The number of hydrogen-bond donors (Lipinski definition) is 1. The molecule has 1 aliphatic rings. The molecule has 1 atom stereocenters. The van der Waals surface area contributed by atoms with Crippen molar-refractivity contribution in [1.82, 2.24) is 15.0 Å². The Balaban J connectivity index is 1.38. The predicted octanol–water partition coefficient (Wildman–Crippen LogP) is 4.00. The largest absolute Gasteiger partial charge is 0.493 e. The van der Waals surface area contributed by atoms with Crippen LogP contribution in [-0.2, 0) is 11.3 Å². The van der Waals surface area contributed by atoms with Crippen molar-refractivity contribution in [1.29, 1.82) is 0 Å². The highest BCUT2D eigenvalue weighted by Gasteiger charge is 2.27. The first kappa shape index (κ1) is 23.6. The molecule has 1 fully saturated rings. The van der Waals surface area contributed by atoms with Crippen LogP contribution < -0.4 is 19.5 Å². The van der Waals surface area contributed by atoms with E-state index in [0.717, 1.165) is 24.9 Å². The number of piperidine rings is 1. The number of carbonyl (C=O) groups excluding carboxylic acids is 1. The minimum absolute atomic E-state index is 0.00611. The monoisotopic (exact) mass is 466 g/mol. The number of hydrogen-bond acceptors (Lipinski definition) is 8. The quantitative estimate of drug-likeness (QED) is 0.505. The first-order valence-electron chi connectivity index (χ1n) is 11.4. The third kappa shape index (κ3) is 5.48. The van der Waals surface area contributed by atoms with Gasteiger partial charge in [-0.3, -0.25) is 9.69 Å². The number of anilines is 1. The molecular formula is C25H30N4O5. The third-order valence-corrected chi connectivity index (χ3v) is 5.79. The summed E-state index contributed by atoms with van der Waals surface area (Å²) in [6, 6.07) is 13.0. The van der Waals surface area contributed by atoms with Gasteiger partial charge in [0.15, 0.2) is 11.5 Å². The van der Waals surface area contributed by atoms with E-state index in [1.807, 2.05) is 49.4 Å². The maximum atomic E-state index is 13.0. The number of benzene rings is 2. The minimum atomic E-state index is -0.128. The number of rotatable bonds is 9. The van der Waals surface area contributed by atoms with Crippen molar-refractivity contribution in [2.75, 3.05) is 39.2 Å². The highest BCUT2D eigenvalue weighted by Crippen LogP contribution is 2.31. The second kappa shape index (κ2) is 11.0. The molecule has 1 saturated heterocycles. The lowest BCUT2D eigenvalue weighted by atomic mass is 9.97. The van der Waals surface area contributed by atoms with Crippen LogP contribution in [0.3, 0.4) is 0 Å². The van der Waals surface area contributed by atoms with E-state index in [2.05, 4.69) is 20.4 Å². The lowest BCUT2D eigenvalue weighted by Gasteiger charge is -2.31. The summed E-state index contributed by atoms with van der Waals surface area (Å²) in [6.45, 7) is 4.44. The molecule has 3 aromatic rings. The fraction of sp³-hybridized carbons (Fsp3) is 0.400. The predicted molar refractivity (Wildman–Crippen MR) is 127 cm³/mol. The first-order valence-corrected chi connectivity index (χ1v) is 11.4. The molecule has 0 radical (unpaired) electrons. The SMILES string of the molecule is CCOc1ccccc1NC(=O)[C@H]1CCCN(Cc2nc(-c3ccc(OC)c(OC)c3)no2)C1. The zero-order valence-electron chi connectivity index (χ0n) is 19.7. The minimum Gasteiger partial charge on any atom is -0.493 e. The van der Waals surface area contributed by atoms with Crippen molar-refractivity contribution in [3.05, 3.63) is 48.4 Å². The fourth-order valence-electron chi connectivity index (χ4n) is 4.10.